The molecule has 4 heteroatoms. The Balaban J connectivity index is 1.39. The Morgan fingerprint density at radius 2 is 1.45 bits per heavy atom. The van der Waals surface area contributed by atoms with Crippen molar-refractivity contribution in [1.29, 1.82) is 0 Å². The molecule has 29 heavy (non-hydrogen) atoms. The summed E-state index contributed by atoms with van der Waals surface area (Å²) in [7, 11) is 0. The van der Waals surface area contributed by atoms with E-state index in [9.17, 15) is 9.18 Å². The molecule has 1 aliphatic heterocycles. The van der Waals surface area contributed by atoms with Crippen LogP contribution in [0.2, 0.25) is 0 Å². The van der Waals surface area contributed by atoms with Gasteiger partial charge in [0.2, 0.25) is 0 Å². The highest BCUT2D eigenvalue weighted by Crippen LogP contribution is 2.42. The van der Waals surface area contributed by atoms with Gasteiger partial charge in [-0.15, -0.1) is 0 Å². The van der Waals surface area contributed by atoms with Crippen LogP contribution in [0.4, 0.5) is 15.8 Å². The molecule has 146 valence electrons. The highest BCUT2D eigenvalue weighted by atomic mass is 19.1. The molecule has 0 amide bonds. The molecule has 0 saturated carbocycles. The SMILES string of the molecule is O=C1CC(c2ccccc2)c2cccc(N3CCN(c4ccc(F)cc4)CC3)c21. The summed E-state index contributed by atoms with van der Waals surface area (Å²) in [6, 6.07) is 23.3. The zero-order valence-corrected chi connectivity index (χ0v) is 16.2. The van der Waals surface area contributed by atoms with E-state index in [0.29, 0.717) is 6.42 Å². The van der Waals surface area contributed by atoms with E-state index in [0.717, 1.165) is 48.7 Å². The number of carbonyl (C=O) groups excluding carboxylic acids is 1. The Hall–Kier alpha value is -3.14. The van der Waals surface area contributed by atoms with Gasteiger partial charge in [0.25, 0.3) is 0 Å². The summed E-state index contributed by atoms with van der Waals surface area (Å²) in [6.07, 6.45) is 0.548. The van der Waals surface area contributed by atoms with Crippen molar-refractivity contribution in [3.63, 3.8) is 0 Å². The van der Waals surface area contributed by atoms with E-state index in [1.165, 1.54) is 17.7 Å². The number of benzene rings is 3. The van der Waals surface area contributed by atoms with Crippen molar-refractivity contribution in [3.8, 4) is 0 Å². The third kappa shape index (κ3) is 3.29. The zero-order valence-electron chi connectivity index (χ0n) is 16.2. The summed E-state index contributed by atoms with van der Waals surface area (Å²) < 4.78 is 13.2. The van der Waals surface area contributed by atoms with Gasteiger partial charge in [-0.2, -0.15) is 0 Å². The molecule has 0 radical (unpaired) electrons. The maximum Gasteiger partial charge on any atom is 0.166 e. The van der Waals surface area contributed by atoms with Crippen LogP contribution in [0.25, 0.3) is 0 Å². The molecule has 3 aromatic rings. The third-order valence-corrected chi connectivity index (χ3v) is 6.13. The Kier molecular flexibility index (Phi) is 4.55. The second kappa shape index (κ2) is 7.36. The highest BCUT2D eigenvalue weighted by molar-refractivity contribution is 6.06. The molecule has 1 heterocycles. The summed E-state index contributed by atoms with van der Waals surface area (Å²) in [4.78, 5) is 17.6. The molecular weight excluding hydrogens is 363 g/mol. The largest absolute Gasteiger partial charge is 0.368 e. The molecular formula is C25H23FN2O. The van der Waals surface area contributed by atoms with Crippen molar-refractivity contribution in [2.24, 2.45) is 0 Å². The van der Waals surface area contributed by atoms with Gasteiger partial charge in [0.15, 0.2) is 5.78 Å². The van der Waals surface area contributed by atoms with Gasteiger partial charge in [-0.3, -0.25) is 4.79 Å². The Morgan fingerprint density at radius 3 is 2.17 bits per heavy atom. The lowest BCUT2D eigenvalue weighted by Crippen LogP contribution is -2.47. The summed E-state index contributed by atoms with van der Waals surface area (Å²) in [5.74, 6) is 0.184. The minimum atomic E-state index is -0.210. The van der Waals surface area contributed by atoms with Gasteiger partial charge >= 0.3 is 0 Å². The van der Waals surface area contributed by atoms with E-state index >= 15 is 0 Å². The number of Topliss-reactive ketones (excluding diaryl/α,β-unsaturated/α-hetero) is 1. The van der Waals surface area contributed by atoms with E-state index < -0.39 is 0 Å². The number of carbonyl (C=O) groups is 1. The zero-order chi connectivity index (χ0) is 19.8. The number of halogens is 1. The van der Waals surface area contributed by atoms with Crippen LogP contribution in [-0.4, -0.2) is 32.0 Å². The van der Waals surface area contributed by atoms with Crippen LogP contribution >= 0.6 is 0 Å². The van der Waals surface area contributed by atoms with Gasteiger partial charge in [0, 0.05) is 55.5 Å². The Morgan fingerprint density at radius 1 is 0.759 bits per heavy atom. The monoisotopic (exact) mass is 386 g/mol. The lowest BCUT2D eigenvalue weighted by molar-refractivity contribution is 0.0991. The fraction of sp³-hybridized carbons (Fsp3) is 0.240. The first-order chi connectivity index (χ1) is 14.2. The van der Waals surface area contributed by atoms with E-state index in [1.54, 1.807) is 0 Å². The molecule has 0 N–H and O–H groups in total. The molecule has 1 saturated heterocycles. The first-order valence-corrected chi connectivity index (χ1v) is 10.2. The van der Waals surface area contributed by atoms with Crippen molar-refractivity contribution in [2.75, 3.05) is 36.0 Å². The van der Waals surface area contributed by atoms with Gasteiger partial charge in [-0.1, -0.05) is 42.5 Å². The van der Waals surface area contributed by atoms with Gasteiger partial charge < -0.3 is 9.80 Å². The minimum absolute atomic E-state index is 0.152. The lowest BCUT2D eigenvalue weighted by Gasteiger charge is -2.38. The van der Waals surface area contributed by atoms with E-state index in [2.05, 4.69) is 40.1 Å². The van der Waals surface area contributed by atoms with Crippen molar-refractivity contribution in [1.82, 2.24) is 0 Å². The number of hydrogen-bond donors (Lipinski definition) is 0. The van der Waals surface area contributed by atoms with Crippen molar-refractivity contribution in [3.05, 3.63) is 95.3 Å². The number of nitrogens with zero attached hydrogens (tertiary/aromatic N) is 2. The summed E-state index contributed by atoms with van der Waals surface area (Å²) in [6.45, 7) is 3.39. The van der Waals surface area contributed by atoms with Crippen molar-refractivity contribution >= 4 is 17.2 Å². The first kappa shape index (κ1) is 17.9. The lowest BCUT2D eigenvalue weighted by atomic mass is 9.93. The maximum absolute atomic E-state index is 13.2. The number of rotatable bonds is 3. The van der Waals surface area contributed by atoms with E-state index in [-0.39, 0.29) is 17.5 Å². The van der Waals surface area contributed by atoms with Gasteiger partial charge in [0.1, 0.15) is 5.82 Å². The van der Waals surface area contributed by atoms with Crippen LogP contribution < -0.4 is 9.80 Å². The number of hydrogen-bond acceptors (Lipinski definition) is 3. The summed E-state index contributed by atoms with van der Waals surface area (Å²) >= 11 is 0. The summed E-state index contributed by atoms with van der Waals surface area (Å²) in [5, 5.41) is 0. The molecule has 2 aliphatic rings. The van der Waals surface area contributed by atoms with E-state index in [1.807, 2.05) is 30.3 Å². The number of ketones is 1. The average molecular weight is 386 g/mol. The van der Waals surface area contributed by atoms with Crippen LogP contribution in [0.1, 0.15) is 33.8 Å². The maximum atomic E-state index is 13.2. The van der Waals surface area contributed by atoms with Crippen LogP contribution in [0, 0.1) is 5.82 Å². The smallest absolute Gasteiger partial charge is 0.166 e. The molecule has 5 rings (SSSR count). The Bertz CT molecular complexity index is 1020. The highest BCUT2D eigenvalue weighted by Gasteiger charge is 2.34. The second-order valence-corrected chi connectivity index (χ2v) is 7.78. The third-order valence-electron chi connectivity index (χ3n) is 6.13. The fourth-order valence-electron chi connectivity index (χ4n) is 4.65. The van der Waals surface area contributed by atoms with Crippen LogP contribution in [0.15, 0.2) is 72.8 Å². The first-order valence-electron chi connectivity index (χ1n) is 10.2. The molecule has 3 nitrogen and oxygen atoms in total. The van der Waals surface area contributed by atoms with Crippen LogP contribution in [0.3, 0.4) is 0 Å². The van der Waals surface area contributed by atoms with Gasteiger partial charge in [-0.05, 0) is 41.5 Å². The standard InChI is InChI=1S/C25H23FN2O/c26-19-9-11-20(12-10-19)27-13-15-28(16-14-27)23-8-4-7-21-22(17-24(29)25(21)23)18-5-2-1-3-6-18/h1-12,22H,13-17H2. The second-order valence-electron chi connectivity index (χ2n) is 7.78. The van der Waals surface area contributed by atoms with Crippen molar-refractivity contribution in [2.45, 2.75) is 12.3 Å². The number of piperazine rings is 1. The Labute approximate surface area is 170 Å². The normalized spacial score (nSPS) is 18.8. The van der Waals surface area contributed by atoms with Gasteiger partial charge in [0.05, 0.1) is 0 Å². The molecule has 0 bridgehead atoms. The van der Waals surface area contributed by atoms with Gasteiger partial charge in [-0.25, -0.2) is 4.39 Å². The predicted octanol–water partition coefficient (Wildman–Crippen LogP) is 4.87. The minimum Gasteiger partial charge on any atom is -0.368 e. The van der Waals surface area contributed by atoms with Crippen LogP contribution in [0.5, 0.6) is 0 Å². The number of fused-ring (bicyclic) bond motifs is 1. The molecule has 0 spiro atoms. The molecule has 0 aromatic heterocycles. The molecule has 1 atom stereocenters. The molecule has 1 fully saturated rings. The topological polar surface area (TPSA) is 23.6 Å². The predicted molar refractivity (Wildman–Crippen MR) is 115 cm³/mol. The van der Waals surface area contributed by atoms with Crippen molar-refractivity contribution < 1.29 is 9.18 Å². The van der Waals surface area contributed by atoms with Crippen LogP contribution in [-0.2, 0) is 0 Å². The molecule has 1 unspecified atom stereocenters. The van der Waals surface area contributed by atoms with E-state index in [4.69, 9.17) is 0 Å². The average Bonchev–Trinajstić information content (AvgIpc) is 3.12. The molecule has 3 aromatic carbocycles. The quantitative estimate of drug-likeness (QED) is 0.642. The number of anilines is 2. The molecule has 1 aliphatic carbocycles. The fourth-order valence-corrected chi connectivity index (χ4v) is 4.65. The summed E-state index contributed by atoms with van der Waals surface area (Å²) in [5.41, 5.74) is 5.36.